The van der Waals surface area contributed by atoms with Crippen molar-refractivity contribution < 1.29 is 27.9 Å². The highest BCUT2D eigenvalue weighted by Crippen LogP contribution is 1.91. The Morgan fingerprint density at radius 3 is 2.28 bits per heavy atom. The molecule has 0 saturated heterocycles. The Balaban J connectivity index is 4.28. The van der Waals surface area contributed by atoms with Crippen LogP contribution in [0.15, 0.2) is 0 Å². The predicted molar refractivity (Wildman–Crippen MR) is 64.1 cm³/mol. The van der Waals surface area contributed by atoms with Crippen LogP contribution in [0.4, 0.5) is 4.79 Å². The highest BCUT2D eigenvalue weighted by molar-refractivity contribution is 7.90. The maximum absolute atomic E-state index is 11.4. The third-order valence-corrected chi connectivity index (χ3v) is 2.97. The summed E-state index contributed by atoms with van der Waals surface area (Å²) in [6, 6.07) is -2.55. The van der Waals surface area contributed by atoms with Crippen LogP contribution < -0.4 is 10.6 Å². The molecule has 0 radical (unpaired) electrons. The number of hydrogen-bond donors (Lipinski definition) is 3. The van der Waals surface area contributed by atoms with Gasteiger partial charge in [0.05, 0.1) is 12.4 Å². The Hall–Kier alpha value is -1.35. The van der Waals surface area contributed by atoms with Crippen LogP contribution in [0.5, 0.6) is 0 Å². The molecular weight excluding hydrogens is 264 g/mol. The zero-order chi connectivity index (χ0) is 14.3. The van der Waals surface area contributed by atoms with Crippen LogP contribution in [0.3, 0.4) is 0 Å². The fourth-order valence-corrected chi connectivity index (χ4v) is 2.25. The first-order chi connectivity index (χ1) is 8.15. The number of urea groups is 1. The predicted octanol–water partition coefficient (Wildman–Crippen LogP) is -1.18. The summed E-state index contributed by atoms with van der Waals surface area (Å²) in [7, 11) is -1.90. The number of hydrogen-bond acceptors (Lipinski definition) is 5. The van der Waals surface area contributed by atoms with E-state index < -0.39 is 33.9 Å². The van der Waals surface area contributed by atoms with Gasteiger partial charge in [-0.25, -0.2) is 18.0 Å². The van der Waals surface area contributed by atoms with Gasteiger partial charge in [0.15, 0.2) is 6.04 Å². The van der Waals surface area contributed by atoms with E-state index in [1.165, 1.54) is 14.0 Å². The lowest BCUT2D eigenvalue weighted by Crippen LogP contribution is -2.51. The van der Waals surface area contributed by atoms with E-state index in [-0.39, 0.29) is 12.4 Å². The Morgan fingerprint density at radius 2 is 1.89 bits per heavy atom. The van der Waals surface area contributed by atoms with Gasteiger partial charge in [0.1, 0.15) is 9.84 Å². The molecule has 106 valence electrons. The summed E-state index contributed by atoms with van der Waals surface area (Å²) in [4.78, 5) is 22.1. The van der Waals surface area contributed by atoms with Crippen molar-refractivity contribution in [1.82, 2.24) is 10.6 Å². The van der Waals surface area contributed by atoms with Gasteiger partial charge in [-0.05, 0) is 6.92 Å². The number of aliphatic carboxylic acids is 1. The number of carboxylic acid groups (broad SMARTS) is 1. The number of rotatable bonds is 7. The second kappa shape index (κ2) is 7.17. The van der Waals surface area contributed by atoms with Crippen LogP contribution in [0.25, 0.3) is 0 Å². The summed E-state index contributed by atoms with van der Waals surface area (Å²) in [5, 5.41) is 13.3. The second-order valence-electron chi connectivity index (χ2n) is 3.96. The molecule has 8 nitrogen and oxygen atoms in total. The van der Waals surface area contributed by atoms with Gasteiger partial charge in [-0.3, -0.25) is 0 Å². The molecule has 0 aliphatic rings. The molecule has 0 aromatic heterocycles. The van der Waals surface area contributed by atoms with E-state index in [1.807, 2.05) is 0 Å². The van der Waals surface area contributed by atoms with Crippen molar-refractivity contribution in [3.05, 3.63) is 0 Å². The summed E-state index contributed by atoms with van der Waals surface area (Å²) >= 11 is 0. The third kappa shape index (κ3) is 7.85. The zero-order valence-electron chi connectivity index (χ0n) is 10.5. The number of methoxy groups -OCH3 is 1. The molecule has 0 heterocycles. The van der Waals surface area contributed by atoms with E-state index >= 15 is 0 Å². The highest BCUT2D eigenvalue weighted by atomic mass is 32.2. The molecule has 0 rings (SSSR count). The van der Waals surface area contributed by atoms with Crippen LogP contribution in [-0.2, 0) is 19.4 Å². The molecule has 0 aromatic carbocycles. The minimum absolute atomic E-state index is 0.177. The Bertz CT molecular complexity index is 394. The van der Waals surface area contributed by atoms with Gasteiger partial charge in [-0.1, -0.05) is 0 Å². The minimum atomic E-state index is -3.21. The number of nitrogens with one attached hydrogen (secondary N) is 2. The number of ether oxygens (including phenoxy) is 1. The van der Waals surface area contributed by atoms with E-state index in [0.717, 1.165) is 6.26 Å². The van der Waals surface area contributed by atoms with Crippen molar-refractivity contribution in [2.24, 2.45) is 0 Å². The lowest BCUT2D eigenvalue weighted by molar-refractivity contribution is -0.140. The van der Waals surface area contributed by atoms with Crippen molar-refractivity contribution >= 4 is 21.8 Å². The topological polar surface area (TPSA) is 122 Å². The molecule has 0 spiro atoms. The molecule has 3 N–H and O–H groups in total. The summed E-state index contributed by atoms with van der Waals surface area (Å²) < 4.78 is 26.6. The fraction of sp³-hybridized carbons (Fsp3) is 0.778. The van der Waals surface area contributed by atoms with E-state index in [0.29, 0.717) is 0 Å². The summed E-state index contributed by atoms with van der Waals surface area (Å²) in [6.07, 6.45) is 1.05. The zero-order valence-corrected chi connectivity index (χ0v) is 11.3. The third-order valence-electron chi connectivity index (χ3n) is 1.87. The van der Waals surface area contributed by atoms with Crippen molar-refractivity contribution in [3.8, 4) is 0 Å². The maximum atomic E-state index is 11.4. The molecule has 2 atom stereocenters. The molecule has 0 bridgehead atoms. The monoisotopic (exact) mass is 282 g/mol. The molecule has 0 aliphatic carbocycles. The van der Waals surface area contributed by atoms with Crippen molar-refractivity contribution in [1.29, 1.82) is 0 Å². The SMILES string of the molecule is COCC(NC(=O)NC(C)CS(C)(=O)=O)C(=O)O. The van der Waals surface area contributed by atoms with Gasteiger partial charge >= 0.3 is 12.0 Å². The van der Waals surface area contributed by atoms with E-state index in [2.05, 4.69) is 15.4 Å². The quantitative estimate of drug-likeness (QED) is 0.540. The molecule has 9 heteroatoms. The number of carbonyl (C=O) groups excluding carboxylic acids is 1. The van der Waals surface area contributed by atoms with E-state index in [1.54, 1.807) is 0 Å². The van der Waals surface area contributed by atoms with Crippen molar-refractivity contribution in [2.45, 2.75) is 19.0 Å². The average Bonchev–Trinajstić information content (AvgIpc) is 2.13. The minimum Gasteiger partial charge on any atom is -0.480 e. The van der Waals surface area contributed by atoms with Crippen LogP contribution in [0, 0.1) is 0 Å². The largest absolute Gasteiger partial charge is 0.480 e. The van der Waals surface area contributed by atoms with Crippen LogP contribution in [0.2, 0.25) is 0 Å². The molecule has 0 saturated carbocycles. The van der Waals surface area contributed by atoms with Crippen molar-refractivity contribution in [2.75, 3.05) is 25.7 Å². The molecule has 2 amide bonds. The Kier molecular flexibility index (Phi) is 6.63. The van der Waals surface area contributed by atoms with Gasteiger partial charge in [-0.15, -0.1) is 0 Å². The summed E-state index contributed by atoms with van der Waals surface area (Å²) in [6.45, 7) is 1.33. The van der Waals surface area contributed by atoms with E-state index in [4.69, 9.17) is 5.11 Å². The maximum Gasteiger partial charge on any atom is 0.328 e. The molecule has 0 aromatic rings. The summed E-state index contributed by atoms with van der Waals surface area (Å²) in [5.41, 5.74) is 0. The van der Waals surface area contributed by atoms with Crippen LogP contribution in [0.1, 0.15) is 6.92 Å². The average molecular weight is 282 g/mol. The highest BCUT2D eigenvalue weighted by Gasteiger charge is 2.21. The molecule has 0 fully saturated rings. The smallest absolute Gasteiger partial charge is 0.328 e. The van der Waals surface area contributed by atoms with Gasteiger partial charge < -0.3 is 20.5 Å². The lowest BCUT2D eigenvalue weighted by Gasteiger charge is -2.17. The number of carbonyl (C=O) groups is 2. The standard InChI is InChI=1S/C9H18N2O6S/c1-6(5-18(3,15)16)10-9(14)11-7(4-17-2)8(12)13/h6-7H,4-5H2,1-3H3,(H,12,13)(H2,10,11,14). The van der Waals surface area contributed by atoms with Gasteiger partial charge in [0, 0.05) is 19.4 Å². The van der Waals surface area contributed by atoms with Gasteiger partial charge in [0.2, 0.25) is 0 Å². The molecule has 2 unspecified atom stereocenters. The second-order valence-corrected chi connectivity index (χ2v) is 6.14. The van der Waals surface area contributed by atoms with Crippen LogP contribution in [-0.4, -0.2) is 63.3 Å². The first-order valence-electron chi connectivity index (χ1n) is 5.12. The van der Waals surface area contributed by atoms with Crippen LogP contribution >= 0.6 is 0 Å². The Morgan fingerprint density at radius 1 is 1.33 bits per heavy atom. The number of amides is 2. The van der Waals surface area contributed by atoms with Crippen molar-refractivity contribution in [3.63, 3.8) is 0 Å². The molecule has 18 heavy (non-hydrogen) atoms. The number of carboxylic acids is 1. The Labute approximate surface area is 106 Å². The first-order valence-corrected chi connectivity index (χ1v) is 7.18. The van der Waals surface area contributed by atoms with Gasteiger partial charge in [-0.2, -0.15) is 0 Å². The molecular formula is C9H18N2O6S. The number of sulfone groups is 1. The van der Waals surface area contributed by atoms with E-state index in [9.17, 15) is 18.0 Å². The lowest BCUT2D eigenvalue weighted by atomic mass is 10.3. The fourth-order valence-electron chi connectivity index (χ4n) is 1.26. The first kappa shape index (κ1) is 16.6. The normalized spacial score (nSPS) is 14.6. The molecule has 0 aliphatic heterocycles. The van der Waals surface area contributed by atoms with Gasteiger partial charge in [0.25, 0.3) is 0 Å². The summed E-state index contributed by atoms with van der Waals surface area (Å²) in [5.74, 6) is -1.45.